The summed E-state index contributed by atoms with van der Waals surface area (Å²) in [4.78, 5) is 13.4. The Morgan fingerprint density at radius 1 is 1.32 bits per heavy atom. The van der Waals surface area contributed by atoms with Gasteiger partial charge >= 0.3 is 6.18 Å². The Hall–Kier alpha value is -0.140. The molecular formula is C11H18ClF3N2OS. The van der Waals surface area contributed by atoms with Gasteiger partial charge in [0.15, 0.2) is 0 Å². The van der Waals surface area contributed by atoms with Gasteiger partial charge in [0.1, 0.15) is 0 Å². The number of likely N-dealkylation sites (tertiary alicyclic amines) is 1. The van der Waals surface area contributed by atoms with Crippen LogP contribution in [-0.4, -0.2) is 47.6 Å². The molecule has 2 rings (SSSR count). The van der Waals surface area contributed by atoms with Crippen molar-refractivity contribution in [3.63, 3.8) is 0 Å². The summed E-state index contributed by atoms with van der Waals surface area (Å²) in [5.74, 6) is -0.434. The second kappa shape index (κ2) is 6.54. The third-order valence-corrected chi connectivity index (χ3v) is 4.74. The lowest BCUT2D eigenvalue weighted by Crippen LogP contribution is -2.34. The Morgan fingerprint density at radius 2 is 2.00 bits per heavy atom. The summed E-state index contributed by atoms with van der Waals surface area (Å²) in [6, 6.07) is 0.149. The van der Waals surface area contributed by atoms with Crippen LogP contribution >= 0.6 is 24.2 Å². The number of halogens is 4. The minimum absolute atomic E-state index is 0. The van der Waals surface area contributed by atoms with Gasteiger partial charge < -0.3 is 10.6 Å². The van der Waals surface area contributed by atoms with Crippen LogP contribution in [0.1, 0.15) is 12.8 Å². The Labute approximate surface area is 120 Å². The van der Waals surface area contributed by atoms with E-state index in [4.69, 9.17) is 5.73 Å². The van der Waals surface area contributed by atoms with Crippen LogP contribution in [0.2, 0.25) is 0 Å². The van der Waals surface area contributed by atoms with Gasteiger partial charge in [0.05, 0.1) is 11.5 Å². The Morgan fingerprint density at radius 3 is 2.58 bits per heavy atom. The number of thioether (sulfide) groups is 1. The SMILES string of the molecule is Cl.NC1CCC2CN(C(=O)CSCC(F)(F)F)CC12. The van der Waals surface area contributed by atoms with Crippen molar-refractivity contribution in [2.24, 2.45) is 17.6 Å². The predicted octanol–water partition coefficient (Wildman–Crippen LogP) is 1.90. The first-order chi connectivity index (χ1) is 8.37. The third kappa shape index (κ3) is 4.43. The molecule has 8 heteroatoms. The molecule has 2 aliphatic rings. The van der Waals surface area contributed by atoms with Crippen molar-refractivity contribution >= 4 is 30.1 Å². The van der Waals surface area contributed by atoms with E-state index in [1.54, 1.807) is 4.90 Å². The maximum Gasteiger partial charge on any atom is 0.397 e. The van der Waals surface area contributed by atoms with Crippen molar-refractivity contribution in [1.29, 1.82) is 0 Å². The second-order valence-corrected chi connectivity index (χ2v) is 6.06. The standard InChI is InChI=1S/C11H17F3N2OS.ClH/c12-11(13,14)6-18-5-10(17)16-3-7-1-2-9(15)8(7)4-16;/h7-9H,1-6,15H2;1H. The van der Waals surface area contributed by atoms with Crippen LogP contribution in [0, 0.1) is 11.8 Å². The zero-order valence-corrected chi connectivity index (χ0v) is 12.0. The number of amides is 1. The summed E-state index contributed by atoms with van der Waals surface area (Å²) >= 11 is 0.637. The Balaban J connectivity index is 0.00000180. The molecule has 1 heterocycles. The largest absolute Gasteiger partial charge is 0.397 e. The average Bonchev–Trinajstić information content (AvgIpc) is 2.79. The molecule has 1 saturated heterocycles. The highest BCUT2D eigenvalue weighted by Gasteiger charge is 2.42. The first-order valence-electron chi connectivity index (χ1n) is 6.04. The number of rotatable bonds is 3. The van der Waals surface area contributed by atoms with Gasteiger partial charge in [0.25, 0.3) is 0 Å². The lowest BCUT2D eigenvalue weighted by atomic mass is 9.98. The molecule has 2 N–H and O–H groups in total. The summed E-state index contributed by atoms with van der Waals surface area (Å²) in [6.45, 7) is 1.29. The fourth-order valence-electron chi connectivity index (χ4n) is 2.86. The number of hydrogen-bond donors (Lipinski definition) is 1. The monoisotopic (exact) mass is 318 g/mol. The van der Waals surface area contributed by atoms with E-state index in [9.17, 15) is 18.0 Å². The lowest BCUT2D eigenvalue weighted by Gasteiger charge is -2.18. The van der Waals surface area contributed by atoms with Crippen molar-refractivity contribution in [2.75, 3.05) is 24.6 Å². The molecule has 1 aliphatic carbocycles. The number of carbonyl (C=O) groups is 1. The second-order valence-electron chi connectivity index (χ2n) is 5.07. The molecule has 1 aliphatic heterocycles. The van der Waals surface area contributed by atoms with Gasteiger partial charge in [-0.05, 0) is 24.7 Å². The molecule has 0 bridgehead atoms. The number of hydrogen-bond acceptors (Lipinski definition) is 3. The first-order valence-corrected chi connectivity index (χ1v) is 7.20. The summed E-state index contributed by atoms with van der Waals surface area (Å²) < 4.78 is 35.9. The molecule has 0 radical (unpaired) electrons. The highest BCUT2D eigenvalue weighted by Crippen LogP contribution is 2.37. The Bertz CT molecular complexity index is 330. The van der Waals surface area contributed by atoms with Crippen molar-refractivity contribution in [2.45, 2.75) is 25.1 Å². The van der Waals surface area contributed by atoms with Crippen LogP contribution < -0.4 is 5.73 Å². The van der Waals surface area contributed by atoms with E-state index in [0.717, 1.165) is 12.8 Å². The number of nitrogens with zero attached hydrogens (tertiary/aromatic N) is 1. The molecule has 3 nitrogen and oxygen atoms in total. The molecule has 0 aromatic heterocycles. The minimum Gasteiger partial charge on any atom is -0.341 e. The maximum atomic E-state index is 12.0. The molecule has 0 aromatic rings. The molecule has 3 atom stereocenters. The average molecular weight is 319 g/mol. The number of nitrogens with two attached hydrogens (primary N) is 1. The summed E-state index contributed by atoms with van der Waals surface area (Å²) in [7, 11) is 0. The van der Waals surface area contributed by atoms with Gasteiger partial charge in [-0.15, -0.1) is 24.2 Å². The summed E-state index contributed by atoms with van der Waals surface area (Å²) in [6.07, 6.45) is -2.17. The van der Waals surface area contributed by atoms with Crippen molar-refractivity contribution in [1.82, 2.24) is 4.90 Å². The van der Waals surface area contributed by atoms with Crippen molar-refractivity contribution in [3.8, 4) is 0 Å². The molecule has 0 aromatic carbocycles. The smallest absolute Gasteiger partial charge is 0.341 e. The summed E-state index contributed by atoms with van der Waals surface area (Å²) in [5, 5.41) is 0. The van der Waals surface area contributed by atoms with E-state index < -0.39 is 11.9 Å². The third-order valence-electron chi connectivity index (χ3n) is 3.76. The summed E-state index contributed by atoms with van der Waals surface area (Å²) in [5.41, 5.74) is 5.95. The van der Waals surface area contributed by atoms with Crippen LogP contribution in [-0.2, 0) is 4.79 Å². The lowest BCUT2D eigenvalue weighted by molar-refractivity contribution is -0.127. The molecule has 1 saturated carbocycles. The zero-order valence-electron chi connectivity index (χ0n) is 10.4. The molecule has 112 valence electrons. The normalized spacial score (nSPS) is 30.1. The van der Waals surface area contributed by atoms with E-state index in [1.165, 1.54) is 0 Å². The van der Waals surface area contributed by atoms with Gasteiger partial charge in [-0.2, -0.15) is 13.2 Å². The highest BCUT2D eigenvalue weighted by molar-refractivity contribution is 8.00. The van der Waals surface area contributed by atoms with Gasteiger partial charge in [-0.1, -0.05) is 0 Å². The van der Waals surface area contributed by atoms with Gasteiger partial charge in [0, 0.05) is 19.1 Å². The quantitative estimate of drug-likeness (QED) is 0.864. The molecule has 2 fully saturated rings. The van der Waals surface area contributed by atoms with Crippen LogP contribution in [0.4, 0.5) is 13.2 Å². The van der Waals surface area contributed by atoms with Crippen LogP contribution in [0.5, 0.6) is 0 Å². The highest BCUT2D eigenvalue weighted by atomic mass is 35.5. The Kier molecular flexibility index (Phi) is 5.82. The van der Waals surface area contributed by atoms with E-state index >= 15 is 0 Å². The zero-order chi connectivity index (χ0) is 13.3. The predicted molar refractivity (Wildman–Crippen MR) is 71.4 cm³/mol. The first kappa shape index (κ1) is 16.9. The topological polar surface area (TPSA) is 46.3 Å². The van der Waals surface area contributed by atoms with E-state index in [1.807, 2.05) is 0 Å². The maximum absolute atomic E-state index is 12.0. The fourth-order valence-corrected chi connectivity index (χ4v) is 3.55. The molecule has 1 amide bonds. The van der Waals surface area contributed by atoms with E-state index in [-0.39, 0.29) is 30.1 Å². The van der Waals surface area contributed by atoms with Crippen molar-refractivity contribution < 1.29 is 18.0 Å². The molecule has 0 spiro atoms. The minimum atomic E-state index is -4.20. The van der Waals surface area contributed by atoms with Gasteiger partial charge in [-0.3, -0.25) is 4.79 Å². The molecule has 19 heavy (non-hydrogen) atoms. The van der Waals surface area contributed by atoms with Crippen LogP contribution in [0.15, 0.2) is 0 Å². The van der Waals surface area contributed by atoms with Gasteiger partial charge in [0.2, 0.25) is 5.91 Å². The van der Waals surface area contributed by atoms with E-state index in [0.29, 0.717) is 36.7 Å². The van der Waals surface area contributed by atoms with E-state index in [2.05, 4.69) is 0 Å². The van der Waals surface area contributed by atoms with Crippen molar-refractivity contribution in [3.05, 3.63) is 0 Å². The number of carbonyl (C=O) groups excluding carboxylic acids is 1. The molecular weight excluding hydrogens is 301 g/mol. The molecule has 3 unspecified atom stereocenters. The fraction of sp³-hybridized carbons (Fsp3) is 0.909. The number of alkyl halides is 3. The van der Waals surface area contributed by atoms with Gasteiger partial charge in [-0.25, -0.2) is 0 Å². The van der Waals surface area contributed by atoms with Crippen LogP contribution in [0.25, 0.3) is 0 Å². The van der Waals surface area contributed by atoms with Crippen LogP contribution in [0.3, 0.4) is 0 Å². The number of fused-ring (bicyclic) bond motifs is 1.